The Hall–Kier alpha value is -1.02. The average molecular weight is 172 g/mol. The molecule has 0 spiro atoms. The van der Waals surface area contributed by atoms with E-state index in [0.717, 1.165) is 0 Å². The number of aliphatic hydroxyl groups is 1. The zero-order chi connectivity index (χ0) is 14.2. The maximum atomic E-state index is 9.57. The molecular weight excluding hydrogens is 152 g/mol. The molecule has 2 nitrogen and oxygen atoms in total. The minimum Gasteiger partial charge on any atom is -0.508 e. The van der Waals surface area contributed by atoms with Gasteiger partial charge in [0.2, 0.25) is 0 Å². The summed E-state index contributed by atoms with van der Waals surface area (Å²) in [7, 11) is 0. The van der Waals surface area contributed by atoms with Gasteiger partial charge in [0.1, 0.15) is 5.75 Å². The Morgan fingerprint density at radius 2 is 2.25 bits per heavy atom. The summed E-state index contributed by atoms with van der Waals surface area (Å²) in [4.78, 5) is 0. The van der Waals surface area contributed by atoms with Gasteiger partial charge in [-0.15, -0.1) is 0 Å². The number of aromatic hydroxyl groups is 1. The number of phenolic OH excluding ortho intramolecular Hbond substituents is 1. The van der Waals surface area contributed by atoms with Crippen LogP contribution in [0.1, 0.15) is 27.0 Å². The number of benzene rings is 1. The summed E-state index contributed by atoms with van der Waals surface area (Å²) in [6.07, 6.45) is -6.28. The lowest BCUT2D eigenvalue weighted by Crippen LogP contribution is -2.00. The lowest BCUT2D eigenvalue weighted by molar-refractivity contribution is 0.185. The van der Waals surface area contributed by atoms with Crippen LogP contribution < -0.4 is 0 Å². The summed E-state index contributed by atoms with van der Waals surface area (Å²) in [6, 6.07) is 5.46. The van der Waals surface area contributed by atoms with E-state index >= 15 is 0 Å². The molecule has 0 radical (unpaired) electrons. The molecule has 0 saturated heterocycles. The van der Waals surface area contributed by atoms with E-state index in [-0.39, 0.29) is 5.75 Å². The van der Waals surface area contributed by atoms with E-state index < -0.39 is 25.7 Å². The third-order valence-corrected chi connectivity index (χ3v) is 1.40. The fourth-order valence-electron chi connectivity index (χ4n) is 0.800. The smallest absolute Gasteiger partial charge is 0.115 e. The van der Waals surface area contributed by atoms with E-state index in [9.17, 15) is 5.11 Å². The van der Waals surface area contributed by atoms with Crippen LogP contribution >= 0.6 is 0 Å². The van der Waals surface area contributed by atoms with Gasteiger partial charge >= 0.3 is 0 Å². The third kappa shape index (κ3) is 2.93. The largest absolute Gasteiger partial charge is 0.508 e. The molecule has 12 heavy (non-hydrogen) atoms. The molecule has 1 aromatic carbocycles. The highest BCUT2D eigenvalue weighted by Gasteiger charge is 1.97. The predicted octanol–water partition coefficient (Wildman–Crippen LogP) is 1.71. The Labute approximate surface area is 80.9 Å². The third-order valence-electron chi connectivity index (χ3n) is 1.40. The van der Waals surface area contributed by atoms with Gasteiger partial charge in [0.05, 0.1) is 7.45 Å². The molecule has 0 aliphatic rings. The number of phenols is 1. The summed E-state index contributed by atoms with van der Waals surface area (Å²) in [5.41, 5.74) is 0.382. The van der Waals surface area contributed by atoms with Crippen LogP contribution in [0.25, 0.3) is 0 Å². The van der Waals surface area contributed by atoms with E-state index in [0.29, 0.717) is 5.56 Å². The molecule has 2 heteroatoms. The molecule has 0 aliphatic heterocycles. The highest BCUT2D eigenvalue weighted by atomic mass is 16.3. The van der Waals surface area contributed by atoms with Gasteiger partial charge in [0.15, 0.2) is 0 Å². The molecule has 0 aromatic heterocycles. The fourth-order valence-corrected chi connectivity index (χ4v) is 0.800. The van der Waals surface area contributed by atoms with Gasteiger partial charge in [-0.25, -0.2) is 0 Å². The van der Waals surface area contributed by atoms with Crippen LogP contribution in [-0.2, 0) is 6.42 Å². The van der Waals surface area contributed by atoms with Crippen molar-refractivity contribution in [3.63, 3.8) is 0 Å². The second kappa shape index (κ2) is 4.12. The Balaban J connectivity index is 2.97. The minimum absolute atomic E-state index is 0.00346. The minimum atomic E-state index is -3.20. The quantitative estimate of drug-likeness (QED) is 0.728. The van der Waals surface area contributed by atoms with Crippen LogP contribution in [-0.4, -0.2) is 16.3 Å². The molecule has 0 saturated carbocycles. The van der Waals surface area contributed by atoms with Crippen molar-refractivity contribution in [2.75, 3.05) is 0 Å². The zero-order valence-electron chi connectivity index (χ0n) is 12.4. The van der Waals surface area contributed by atoms with E-state index in [4.69, 9.17) is 13.3 Å². The fraction of sp³-hybridized carbons (Fsp3) is 0.400. The Morgan fingerprint density at radius 1 is 1.58 bits per heavy atom. The van der Waals surface area contributed by atoms with Gasteiger partial charge in [-0.05, 0) is 37.3 Å². The summed E-state index contributed by atoms with van der Waals surface area (Å²) in [5.74, 6) is -0.00346. The number of hydrogen-bond donors (Lipinski definition) is 2. The predicted molar refractivity (Wildman–Crippen MR) is 48.1 cm³/mol. The van der Waals surface area contributed by atoms with Crippen molar-refractivity contribution in [2.24, 2.45) is 0 Å². The molecule has 0 heterocycles. The van der Waals surface area contributed by atoms with Crippen LogP contribution in [0.3, 0.4) is 0 Å². The molecule has 1 atom stereocenters. The van der Waals surface area contributed by atoms with E-state index in [1.54, 1.807) is 0 Å². The van der Waals surface area contributed by atoms with Crippen LogP contribution in [0.4, 0.5) is 0 Å². The standard InChI is InChI=1S/C10H14O2/c1-8(11)2-3-9-4-6-10(12)7-5-9/h4-8,11-12H,2-3H2,1H3/i1D3,2D2,8D. The molecule has 0 aliphatic carbocycles. The molecular formula is C10H14O2. The maximum absolute atomic E-state index is 9.57. The average Bonchev–Trinajstić information content (AvgIpc) is 2.19. The molecule has 2 N–H and O–H groups in total. The lowest BCUT2D eigenvalue weighted by Gasteiger charge is -2.03. The summed E-state index contributed by atoms with van der Waals surface area (Å²) in [6.45, 7) is -3.15. The highest BCUT2D eigenvalue weighted by molar-refractivity contribution is 5.25. The van der Waals surface area contributed by atoms with Crippen LogP contribution in [0.15, 0.2) is 24.3 Å². The second-order valence-corrected chi connectivity index (χ2v) is 2.37. The van der Waals surface area contributed by atoms with Crippen molar-refractivity contribution >= 4 is 0 Å². The first-order valence-electron chi connectivity index (χ1n) is 6.48. The summed E-state index contributed by atoms with van der Waals surface area (Å²) in [5, 5.41) is 18.6. The van der Waals surface area contributed by atoms with Gasteiger partial charge in [-0.1, -0.05) is 12.1 Å². The normalized spacial score (nSPS) is 25.1. The number of rotatable bonds is 3. The highest BCUT2D eigenvalue weighted by Crippen LogP contribution is 2.11. The summed E-state index contributed by atoms with van der Waals surface area (Å²) >= 11 is 0. The molecule has 66 valence electrons. The monoisotopic (exact) mass is 172 g/mol. The van der Waals surface area contributed by atoms with Crippen LogP contribution in [0.2, 0.25) is 0 Å². The molecule has 1 aromatic rings. The maximum Gasteiger partial charge on any atom is 0.115 e. The molecule has 1 rings (SSSR count). The first-order valence-corrected chi connectivity index (χ1v) is 3.48. The molecule has 1 unspecified atom stereocenters. The second-order valence-electron chi connectivity index (χ2n) is 2.37. The van der Waals surface area contributed by atoms with Crippen molar-refractivity contribution in [1.29, 1.82) is 0 Å². The molecule has 0 amide bonds. The van der Waals surface area contributed by atoms with Gasteiger partial charge < -0.3 is 10.2 Å². The van der Waals surface area contributed by atoms with E-state index in [2.05, 4.69) is 0 Å². The Bertz CT molecular complexity index is 409. The first-order chi connectivity index (χ1) is 7.97. The van der Waals surface area contributed by atoms with Crippen molar-refractivity contribution in [2.45, 2.75) is 25.7 Å². The van der Waals surface area contributed by atoms with Crippen molar-refractivity contribution in [1.82, 2.24) is 0 Å². The zero-order valence-corrected chi connectivity index (χ0v) is 6.41. The van der Waals surface area contributed by atoms with Gasteiger partial charge in [-0.3, -0.25) is 0 Å². The number of aryl methyl sites for hydroxylation is 1. The topological polar surface area (TPSA) is 40.5 Å². The van der Waals surface area contributed by atoms with Crippen LogP contribution in [0.5, 0.6) is 5.75 Å². The van der Waals surface area contributed by atoms with Gasteiger partial charge in [0, 0.05) is 6.85 Å². The van der Waals surface area contributed by atoms with Crippen molar-refractivity contribution in [3.05, 3.63) is 29.8 Å². The Kier molecular flexibility index (Phi) is 1.30. The summed E-state index contributed by atoms with van der Waals surface area (Å²) < 4.78 is 43.5. The van der Waals surface area contributed by atoms with Gasteiger partial charge in [0.25, 0.3) is 0 Å². The Morgan fingerprint density at radius 3 is 2.83 bits per heavy atom. The van der Waals surface area contributed by atoms with Crippen molar-refractivity contribution < 1.29 is 18.4 Å². The molecule has 0 bridgehead atoms. The first kappa shape index (κ1) is 3.79. The van der Waals surface area contributed by atoms with Gasteiger partial charge in [-0.2, -0.15) is 0 Å². The number of hydrogen-bond acceptors (Lipinski definition) is 2. The van der Waals surface area contributed by atoms with Crippen molar-refractivity contribution in [3.8, 4) is 5.75 Å². The molecule has 0 fully saturated rings. The van der Waals surface area contributed by atoms with Crippen LogP contribution in [0, 0.1) is 0 Å². The SMILES string of the molecule is [2H]C([2H])([2H])C([2H])(O)C([2H])([2H])Cc1ccc(O)cc1. The van der Waals surface area contributed by atoms with E-state index in [1.807, 2.05) is 0 Å². The van der Waals surface area contributed by atoms with E-state index in [1.165, 1.54) is 24.3 Å². The lowest BCUT2D eigenvalue weighted by atomic mass is 10.1.